The van der Waals surface area contributed by atoms with Crippen molar-refractivity contribution >= 4 is 5.91 Å². The van der Waals surface area contributed by atoms with Crippen molar-refractivity contribution in [1.29, 1.82) is 0 Å². The van der Waals surface area contributed by atoms with Crippen molar-refractivity contribution in [1.82, 2.24) is 14.7 Å². The summed E-state index contributed by atoms with van der Waals surface area (Å²) in [6.07, 6.45) is 3.02. The highest BCUT2D eigenvalue weighted by Gasteiger charge is 2.29. The van der Waals surface area contributed by atoms with Gasteiger partial charge in [0.1, 0.15) is 6.61 Å². The maximum absolute atomic E-state index is 12.4. The first kappa shape index (κ1) is 13.5. The zero-order chi connectivity index (χ0) is 14.8. The van der Waals surface area contributed by atoms with Crippen LogP contribution in [0.3, 0.4) is 0 Å². The summed E-state index contributed by atoms with van der Waals surface area (Å²) in [5.74, 6) is 1.18. The van der Waals surface area contributed by atoms with Crippen molar-refractivity contribution in [2.24, 2.45) is 7.05 Å². The van der Waals surface area contributed by atoms with E-state index in [1.807, 2.05) is 31.4 Å². The highest BCUT2D eigenvalue weighted by atomic mass is 16.6. The number of hydrogen-bond acceptors (Lipinski definition) is 4. The van der Waals surface area contributed by atoms with Gasteiger partial charge in [0.05, 0.1) is 6.20 Å². The molecule has 0 saturated heterocycles. The minimum absolute atomic E-state index is 0.103. The number of para-hydroxylation sites is 2. The molecule has 0 aliphatic carbocycles. The van der Waals surface area contributed by atoms with E-state index in [0.717, 1.165) is 5.56 Å². The Bertz CT molecular complexity index is 653. The third-order valence-electron chi connectivity index (χ3n) is 3.34. The van der Waals surface area contributed by atoms with Crippen molar-refractivity contribution in [2.45, 2.75) is 12.6 Å². The third kappa shape index (κ3) is 2.84. The molecule has 2 aromatic rings. The number of amides is 1. The average Bonchev–Trinajstić information content (AvgIpc) is 2.91. The molecule has 6 nitrogen and oxygen atoms in total. The van der Waals surface area contributed by atoms with Crippen molar-refractivity contribution in [3.05, 3.63) is 42.2 Å². The second-order valence-electron chi connectivity index (χ2n) is 5.08. The Morgan fingerprint density at radius 3 is 2.90 bits per heavy atom. The first-order valence-corrected chi connectivity index (χ1v) is 6.74. The Morgan fingerprint density at radius 2 is 2.19 bits per heavy atom. The summed E-state index contributed by atoms with van der Waals surface area (Å²) >= 11 is 0. The van der Waals surface area contributed by atoms with Gasteiger partial charge in [-0.3, -0.25) is 9.48 Å². The van der Waals surface area contributed by atoms with Gasteiger partial charge in [0.25, 0.3) is 5.91 Å². The first-order chi connectivity index (χ1) is 10.1. The number of carbonyl (C=O) groups excluding carboxylic acids is 1. The van der Waals surface area contributed by atoms with Crippen LogP contribution in [0.25, 0.3) is 0 Å². The molecule has 3 rings (SSSR count). The average molecular weight is 287 g/mol. The number of benzene rings is 1. The summed E-state index contributed by atoms with van der Waals surface area (Å²) in [6.45, 7) is 0.724. The fourth-order valence-corrected chi connectivity index (χ4v) is 2.29. The van der Waals surface area contributed by atoms with Gasteiger partial charge < -0.3 is 14.4 Å². The standard InChI is InChI=1S/C15H17N3O3/c1-17(8-11-7-16-18(2)9-11)15(19)14-10-20-12-5-3-4-6-13(12)21-14/h3-7,9,14H,8,10H2,1-2H3/t14-/m0/s1. The lowest BCUT2D eigenvalue weighted by atomic mass is 10.2. The fraction of sp³-hybridized carbons (Fsp3) is 0.333. The molecule has 21 heavy (non-hydrogen) atoms. The van der Waals surface area contributed by atoms with Crippen LogP contribution in [0, 0.1) is 0 Å². The molecule has 0 fully saturated rings. The second-order valence-corrected chi connectivity index (χ2v) is 5.08. The number of nitrogens with zero attached hydrogens (tertiary/aromatic N) is 3. The molecular weight excluding hydrogens is 270 g/mol. The Kier molecular flexibility index (Phi) is 3.51. The first-order valence-electron chi connectivity index (χ1n) is 6.74. The van der Waals surface area contributed by atoms with Crippen LogP contribution in [-0.4, -0.2) is 40.3 Å². The van der Waals surface area contributed by atoms with E-state index >= 15 is 0 Å². The van der Waals surface area contributed by atoms with Gasteiger partial charge in [0.15, 0.2) is 11.5 Å². The molecule has 0 spiro atoms. The zero-order valence-corrected chi connectivity index (χ0v) is 12.0. The van der Waals surface area contributed by atoms with Gasteiger partial charge in [0, 0.05) is 32.4 Å². The molecule has 1 aromatic heterocycles. The molecule has 1 aliphatic heterocycles. The van der Waals surface area contributed by atoms with E-state index in [2.05, 4.69) is 5.10 Å². The van der Waals surface area contributed by atoms with Gasteiger partial charge in [0.2, 0.25) is 6.10 Å². The van der Waals surface area contributed by atoms with Crippen LogP contribution in [0.4, 0.5) is 0 Å². The molecule has 1 aliphatic rings. The van der Waals surface area contributed by atoms with Crippen molar-refractivity contribution in [2.75, 3.05) is 13.7 Å². The van der Waals surface area contributed by atoms with Crippen LogP contribution in [0.15, 0.2) is 36.7 Å². The van der Waals surface area contributed by atoms with E-state index in [-0.39, 0.29) is 12.5 Å². The lowest BCUT2D eigenvalue weighted by molar-refractivity contribution is -0.140. The van der Waals surface area contributed by atoms with Crippen molar-refractivity contribution < 1.29 is 14.3 Å². The van der Waals surface area contributed by atoms with Gasteiger partial charge in [-0.2, -0.15) is 5.10 Å². The maximum atomic E-state index is 12.4. The molecule has 0 unspecified atom stereocenters. The quantitative estimate of drug-likeness (QED) is 0.851. The Balaban J connectivity index is 1.66. The van der Waals surface area contributed by atoms with Crippen LogP contribution in [-0.2, 0) is 18.4 Å². The number of ether oxygens (including phenoxy) is 2. The van der Waals surface area contributed by atoms with Crippen LogP contribution in [0.2, 0.25) is 0 Å². The molecule has 6 heteroatoms. The molecular formula is C15H17N3O3. The lowest BCUT2D eigenvalue weighted by Crippen LogP contribution is -2.44. The molecule has 0 saturated carbocycles. The Labute approximate surface area is 122 Å². The van der Waals surface area contributed by atoms with Crippen LogP contribution < -0.4 is 9.47 Å². The molecule has 1 aromatic carbocycles. The minimum Gasteiger partial charge on any atom is -0.485 e. The Morgan fingerprint density at radius 1 is 1.43 bits per heavy atom. The number of hydrogen-bond donors (Lipinski definition) is 0. The highest BCUT2D eigenvalue weighted by Crippen LogP contribution is 2.31. The number of likely N-dealkylation sites (N-methyl/N-ethyl adjacent to an activating group) is 1. The van der Waals surface area contributed by atoms with E-state index in [9.17, 15) is 4.79 Å². The summed E-state index contributed by atoms with van der Waals surface area (Å²) in [5.41, 5.74) is 0.977. The molecule has 1 amide bonds. The maximum Gasteiger partial charge on any atom is 0.267 e. The monoisotopic (exact) mass is 287 g/mol. The van der Waals surface area contributed by atoms with Crippen LogP contribution >= 0.6 is 0 Å². The summed E-state index contributed by atoms with van der Waals surface area (Å²) in [6, 6.07) is 7.36. The SMILES string of the molecule is CN(Cc1cnn(C)c1)C(=O)[C@@H]1COc2ccccc2O1. The van der Waals surface area contributed by atoms with E-state index in [4.69, 9.17) is 9.47 Å². The van der Waals surface area contributed by atoms with Gasteiger partial charge in [-0.1, -0.05) is 12.1 Å². The molecule has 110 valence electrons. The smallest absolute Gasteiger partial charge is 0.267 e. The van der Waals surface area contributed by atoms with E-state index in [0.29, 0.717) is 18.0 Å². The van der Waals surface area contributed by atoms with E-state index < -0.39 is 6.10 Å². The normalized spacial score (nSPS) is 16.6. The topological polar surface area (TPSA) is 56.6 Å². The minimum atomic E-state index is -0.610. The number of fused-ring (bicyclic) bond motifs is 1. The molecule has 0 bridgehead atoms. The van der Waals surface area contributed by atoms with Gasteiger partial charge in [-0.25, -0.2) is 0 Å². The van der Waals surface area contributed by atoms with Gasteiger partial charge in [-0.15, -0.1) is 0 Å². The van der Waals surface area contributed by atoms with Crippen LogP contribution in [0.5, 0.6) is 11.5 Å². The van der Waals surface area contributed by atoms with E-state index in [1.54, 1.807) is 28.9 Å². The molecule has 0 N–H and O–H groups in total. The summed E-state index contributed by atoms with van der Waals surface area (Å²) in [5, 5.41) is 4.09. The zero-order valence-electron chi connectivity index (χ0n) is 12.0. The number of aromatic nitrogens is 2. The van der Waals surface area contributed by atoms with Gasteiger partial charge in [-0.05, 0) is 12.1 Å². The number of rotatable bonds is 3. The molecule has 1 atom stereocenters. The Hall–Kier alpha value is -2.50. The number of carbonyl (C=O) groups is 1. The van der Waals surface area contributed by atoms with Crippen molar-refractivity contribution in [3.63, 3.8) is 0 Å². The summed E-state index contributed by atoms with van der Waals surface area (Å²) < 4.78 is 13.0. The molecule has 0 radical (unpaired) electrons. The predicted octanol–water partition coefficient (Wildman–Crippen LogP) is 1.22. The second kappa shape index (κ2) is 5.47. The summed E-state index contributed by atoms with van der Waals surface area (Å²) in [4.78, 5) is 14.0. The largest absolute Gasteiger partial charge is 0.485 e. The predicted molar refractivity (Wildman–Crippen MR) is 76.0 cm³/mol. The highest BCUT2D eigenvalue weighted by molar-refractivity contribution is 5.81. The molecule has 2 heterocycles. The van der Waals surface area contributed by atoms with Crippen molar-refractivity contribution in [3.8, 4) is 11.5 Å². The fourth-order valence-electron chi connectivity index (χ4n) is 2.29. The van der Waals surface area contributed by atoms with E-state index in [1.165, 1.54) is 0 Å². The summed E-state index contributed by atoms with van der Waals surface area (Å²) in [7, 11) is 3.60. The van der Waals surface area contributed by atoms with Crippen LogP contribution in [0.1, 0.15) is 5.56 Å². The van der Waals surface area contributed by atoms with Gasteiger partial charge >= 0.3 is 0 Å². The third-order valence-corrected chi connectivity index (χ3v) is 3.34. The lowest BCUT2D eigenvalue weighted by Gasteiger charge is -2.28. The number of aryl methyl sites for hydroxylation is 1.